The van der Waals surface area contributed by atoms with Crippen molar-refractivity contribution in [1.29, 1.82) is 0 Å². The summed E-state index contributed by atoms with van der Waals surface area (Å²) in [6, 6.07) is 9.06. The van der Waals surface area contributed by atoms with Crippen molar-refractivity contribution in [3.05, 3.63) is 48.3 Å². The molecule has 5 N–H and O–H groups in total. The number of sulfonamides is 2. The van der Waals surface area contributed by atoms with Crippen LogP contribution < -0.4 is 15.2 Å². The van der Waals surface area contributed by atoms with Gasteiger partial charge >= 0.3 is 12.1 Å². The molecule has 38 heavy (non-hydrogen) atoms. The molecule has 2 heterocycles. The number of nitrogens with two attached hydrogens (primary N) is 1. The number of benzene rings is 1. The van der Waals surface area contributed by atoms with Crippen LogP contribution in [-0.4, -0.2) is 63.4 Å². The smallest absolute Gasteiger partial charge is 0.439 e. The number of carbonyl (C=O) groups is 2. The molecule has 0 radical (unpaired) electrons. The van der Waals surface area contributed by atoms with Crippen molar-refractivity contribution in [1.82, 2.24) is 15.3 Å². The molecule has 0 aliphatic heterocycles. The van der Waals surface area contributed by atoms with Gasteiger partial charge in [-0.1, -0.05) is 12.1 Å². The first-order valence-corrected chi connectivity index (χ1v) is 14.3. The van der Waals surface area contributed by atoms with Crippen molar-refractivity contribution in [2.24, 2.45) is 5.14 Å². The molecule has 17 heteroatoms. The number of rotatable bonds is 10. The van der Waals surface area contributed by atoms with E-state index in [0.29, 0.717) is 22.2 Å². The Labute approximate surface area is 214 Å². The van der Waals surface area contributed by atoms with Crippen LogP contribution in [0.15, 0.2) is 42.6 Å². The average Bonchev–Trinajstić information content (AvgIpc) is 3.22. The molecule has 1 amide bonds. The van der Waals surface area contributed by atoms with Crippen molar-refractivity contribution in [2.45, 2.75) is 18.7 Å². The zero-order valence-electron chi connectivity index (χ0n) is 19.6. The fourth-order valence-corrected chi connectivity index (χ4v) is 4.49. The summed E-state index contributed by atoms with van der Waals surface area (Å²) in [6.07, 6.45) is -5.20. The van der Waals surface area contributed by atoms with Crippen LogP contribution in [-0.2, 0) is 34.4 Å². The number of nitrogens with zero attached hydrogens (tertiary/aromatic N) is 1. The van der Waals surface area contributed by atoms with E-state index in [1.54, 1.807) is 18.2 Å². The van der Waals surface area contributed by atoms with Crippen LogP contribution in [0.1, 0.15) is 18.2 Å². The summed E-state index contributed by atoms with van der Waals surface area (Å²) in [7, 11) is -7.33. The second kappa shape index (κ2) is 11.0. The Morgan fingerprint density at radius 3 is 2.37 bits per heavy atom. The third-order valence-corrected chi connectivity index (χ3v) is 6.40. The van der Waals surface area contributed by atoms with Gasteiger partial charge in [-0.3, -0.25) is 9.52 Å². The van der Waals surface area contributed by atoms with E-state index in [1.807, 2.05) is 0 Å². The lowest BCUT2D eigenvalue weighted by Crippen LogP contribution is -2.36. The van der Waals surface area contributed by atoms with Crippen molar-refractivity contribution in [3.63, 3.8) is 0 Å². The molecular weight excluding hydrogens is 555 g/mol. The lowest BCUT2D eigenvalue weighted by molar-refractivity contribution is -0.205. The zero-order valence-corrected chi connectivity index (χ0v) is 21.2. The SMILES string of the molecule is CS(=O)(=O)Nc1ccc(-c2ccnc3[nH]c(C(OC(=O)C(F)(F)F)C(=O)NCCCS(N)(=O)=O)cc23)cc1. The van der Waals surface area contributed by atoms with Gasteiger partial charge in [0.15, 0.2) is 0 Å². The number of fused-ring (bicyclic) bond motifs is 1. The summed E-state index contributed by atoms with van der Waals surface area (Å²) in [5.74, 6) is -4.23. The van der Waals surface area contributed by atoms with E-state index in [9.17, 15) is 39.6 Å². The van der Waals surface area contributed by atoms with Crippen molar-refractivity contribution < 1.29 is 44.3 Å². The maximum Gasteiger partial charge on any atom is 0.490 e. The van der Waals surface area contributed by atoms with E-state index in [0.717, 1.165) is 6.26 Å². The molecule has 12 nitrogen and oxygen atoms in total. The number of alkyl halides is 3. The number of ether oxygens (including phenoxy) is 1. The van der Waals surface area contributed by atoms with Gasteiger partial charge in [0.2, 0.25) is 26.2 Å². The van der Waals surface area contributed by atoms with E-state index in [-0.39, 0.29) is 24.3 Å². The predicted octanol–water partition coefficient (Wildman–Crippen LogP) is 1.54. The minimum atomic E-state index is -5.39. The summed E-state index contributed by atoms with van der Waals surface area (Å²) in [5, 5.41) is 7.47. The Bertz CT molecular complexity index is 1550. The molecule has 0 saturated carbocycles. The molecule has 0 aliphatic carbocycles. The van der Waals surface area contributed by atoms with E-state index in [2.05, 4.69) is 24.7 Å². The number of carbonyl (C=O) groups excluding carboxylic acids is 2. The van der Waals surface area contributed by atoms with Crippen molar-refractivity contribution >= 4 is 48.6 Å². The van der Waals surface area contributed by atoms with Gasteiger partial charge in [-0.25, -0.2) is 31.8 Å². The molecule has 0 bridgehead atoms. The molecule has 0 aliphatic rings. The van der Waals surface area contributed by atoms with Gasteiger partial charge in [-0.05, 0) is 41.8 Å². The summed E-state index contributed by atoms with van der Waals surface area (Å²) in [6.45, 7) is -0.271. The number of primary sulfonamides is 1. The first kappa shape index (κ1) is 28.9. The van der Waals surface area contributed by atoms with Gasteiger partial charge in [0.05, 0.1) is 17.7 Å². The Kier molecular flexibility index (Phi) is 8.33. The molecule has 1 unspecified atom stereocenters. The van der Waals surface area contributed by atoms with Crippen LogP contribution in [0.5, 0.6) is 0 Å². The second-order valence-corrected chi connectivity index (χ2v) is 11.6. The molecule has 0 saturated heterocycles. The van der Waals surface area contributed by atoms with E-state index >= 15 is 0 Å². The Morgan fingerprint density at radius 1 is 1.13 bits per heavy atom. The fourth-order valence-electron chi connectivity index (χ4n) is 3.38. The highest BCUT2D eigenvalue weighted by molar-refractivity contribution is 7.92. The normalized spacial score (nSPS) is 13.2. The summed E-state index contributed by atoms with van der Waals surface area (Å²) in [4.78, 5) is 31.0. The number of esters is 1. The molecule has 0 fully saturated rings. The van der Waals surface area contributed by atoms with Crippen LogP contribution in [0.3, 0.4) is 0 Å². The summed E-state index contributed by atoms with van der Waals surface area (Å²) in [5.41, 5.74) is 1.34. The number of anilines is 1. The second-order valence-electron chi connectivity index (χ2n) is 8.09. The Morgan fingerprint density at radius 2 is 1.79 bits per heavy atom. The number of amides is 1. The number of H-pyrrole nitrogens is 1. The highest BCUT2D eigenvalue weighted by Crippen LogP contribution is 2.32. The number of nitrogens with one attached hydrogen (secondary N) is 3. The number of aromatic nitrogens is 2. The third kappa shape index (κ3) is 7.90. The van der Waals surface area contributed by atoms with E-state index in [1.165, 1.54) is 24.4 Å². The minimum Gasteiger partial charge on any atom is -0.439 e. The molecular formula is C21H22F3N5O7S2. The molecule has 3 rings (SSSR count). The van der Waals surface area contributed by atoms with Crippen molar-refractivity contribution in [3.8, 4) is 11.1 Å². The first-order chi connectivity index (χ1) is 17.5. The van der Waals surface area contributed by atoms with Gasteiger partial charge in [0.25, 0.3) is 5.91 Å². The minimum absolute atomic E-state index is 0.132. The highest BCUT2D eigenvalue weighted by Gasteiger charge is 2.44. The van der Waals surface area contributed by atoms with E-state index in [4.69, 9.17) is 5.14 Å². The zero-order chi connectivity index (χ0) is 28.3. The van der Waals surface area contributed by atoms with Crippen LogP contribution in [0.4, 0.5) is 18.9 Å². The standard InChI is InChI=1S/C21H22F3N5O7S2/c1-37(32,33)29-13-5-3-12(4-6-13)14-7-9-26-18-15(14)11-16(28-18)17(36-20(31)21(22,23)24)19(30)27-8-2-10-38(25,34)35/h3-7,9,11,17,29H,2,8,10H2,1H3,(H,26,28)(H,27,30)(H2,25,34,35). The molecule has 1 atom stereocenters. The summed E-state index contributed by atoms with van der Waals surface area (Å²) < 4.78 is 90.4. The van der Waals surface area contributed by atoms with Gasteiger partial charge in [-0.2, -0.15) is 13.2 Å². The van der Waals surface area contributed by atoms with E-state index < -0.39 is 50.0 Å². The van der Waals surface area contributed by atoms with Gasteiger partial charge < -0.3 is 15.0 Å². The monoisotopic (exact) mass is 577 g/mol. The predicted molar refractivity (Wildman–Crippen MR) is 130 cm³/mol. The quantitative estimate of drug-likeness (QED) is 0.206. The van der Waals surface area contributed by atoms with Gasteiger partial charge in [0, 0.05) is 23.8 Å². The maximum atomic E-state index is 12.9. The fraction of sp³-hybridized carbons (Fsp3) is 0.286. The third-order valence-electron chi connectivity index (χ3n) is 4.93. The number of pyridine rings is 1. The largest absolute Gasteiger partial charge is 0.490 e. The van der Waals surface area contributed by atoms with Crippen LogP contribution >= 0.6 is 0 Å². The average molecular weight is 578 g/mol. The number of hydrogen-bond acceptors (Lipinski definition) is 8. The lowest BCUT2D eigenvalue weighted by Gasteiger charge is -2.17. The molecule has 0 spiro atoms. The number of aromatic amines is 1. The van der Waals surface area contributed by atoms with Crippen molar-refractivity contribution in [2.75, 3.05) is 23.3 Å². The highest BCUT2D eigenvalue weighted by atomic mass is 32.2. The molecule has 1 aromatic carbocycles. The molecule has 2 aromatic heterocycles. The number of halogens is 3. The Hall–Kier alpha value is -3.70. The first-order valence-electron chi connectivity index (χ1n) is 10.7. The van der Waals surface area contributed by atoms with Crippen LogP contribution in [0, 0.1) is 0 Å². The summed E-state index contributed by atoms with van der Waals surface area (Å²) >= 11 is 0. The van der Waals surface area contributed by atoms with Crippen LogP contribution in [0.25, 0.3) is 22.2 Å². The van der Waals surface area contributed by atoms with Gasteiger partial charge in [0.1, 0.15) is 5.65 Å². The van der Waals surface area contributed by atoms with Crippen LogP contribution in [0.2, 0.25) is 0 Å². The Balaban J connectivity index is 1.94. The maximum absolute atomic E-state index is 12.9. The van der Waals surface area contributed by atoms with Gasteiger partial charge in [-0.15, -0.1) is 0 Å². The molecule has 3 aromatic rings. The number of hydrogen-bond donors (Lipinski definition) is 4. The topological polar surface area (TPSA) is 190 Å². The molecule has 206 valence electrons. The lowest BCUT2D eigenvalue weighted by atomic mass is 10.0.